The van der Waals surface area contributed by atoms with Crippen LogP contribution in [-0.4, -0.2) is 24.3 Å². The lowest BCUT2D eigenvalue weighted by atomic mass is 9.97. The molecule has 0 aliphatic heterocycles. The summed E-state index contributed by atoms with van der Waals surface area (Å²) < 4.78 is 10.8. The second-order valence-corrected chi connectivity index (χ2v) is 4.90. The van der Waals surface area contributed by atoms with Crippen LogP contribution in [0.1, 0.15) is 5.56 Å². The Hall–Kier alpha value is -3.26. The standard InChI is InChI=1S/C18H14N2O3/c1-22-16-9-11(10-19)8-14(18(16)23-2)12-5-6-15(21)17-13(12)4-3-7-20-17/h3-9,21H,1-2H3. The normalized spacial score (nSPS) is 10.3. The average Bonchev–Trinajstić information content (AvgIpc) is 2.61. The third kappa shape index (κ3) is 2.40. The molecule has 2 aromatic carbocycles. The van der Waals surface area contributed by atoms with Crippen molar-refractivity contribution in [2.45, 2.75) is 0 Å². The zero-order valence-corrected chi connectivity index (χ0v) is 12.7. The van der Waals surface area contributed by atoms with Crippen LogP contribution in [0.4, 0.5) is 0 Å². The summed E-state index contributed by atoms with van der Waals surface area (Å²) in [5, 5.41) is 20.0. The Morgan fingerprint density at radius 3 is 2.61 bits per heavy atom. The van der Waals surface area contributed by atoms with E-state index in [1.807, 2.05) is 6.07 Å². The van der Waals surface area contributed by atoms with Gasteiger partial charge in [-0.3, -0.25) is 4.98 Å². The van der Waals surface area contributed by atoms with Crippen molar-refractivity contribution >= 4 is 10.9 Å². The number of nitriles is 1. The molecule has 0 amide bonds. The molecule has 0 unspecified atom stereocenters. The second-order valence-electron chi connectivity index (χ2n) is 4.90. The number of benzene rings is 2. The van der Waals surface area contributed by atoms with Crippen molar-refractivity contribution in [2.24, 2.45) is 0 Å². The van der Waals surface area contributed by atoms with Crippen LogP contribution in [0.15, 0.2) is 42.6 Å². The fourth-order valence-corrected chi connectivity index (χ4v) is 2.62. The molecule has 1 heterocycles. The lowest BCUT2D eigenvalue weighted by Gasteiger charge is -2.15. The molecule has 114 valence electrons. The van der Waals surface area contributed by atoms with Gasteiger partial charge in [0.15, 0.2) is 11.5 Å². The minimum absolute atomic E-state index is 0.103. The maximum absolute atomic E-state index is 10.00. The fraction of sp³-hybridized carbons (Fsp3) is 0.111. The number of nitrogens with zero attached hydrogens (tertiary/aromatic N) is 2. The maximum atomic E-state index is 10.00. The van der Waals surface area contributed by atoms with Crippen LogP contribution < -0.4 is 9.47 Å². The van der Waals surface area contributed by atoms with Gasteiger partial charge in [0.25, 0.3) is 0 Å². The smallest absolute Gasteiger partial charge is 0.168 e. The van der Waals surface area contributed by atoms with Crippen molar-refractivity contribution in [3.8, 4) is 34.4 Å². The van der Waals surface area contributed by atoms with Gasteiger partial charge in [0.2, 0.25) is 0 Å². The van der Waals surface area contributed by atoms with Gasteiger partial charge in [-0.05, 0) is 29.8 Å². The molecule has 1 N–H and O–H groups in total. The Bertz CT molecular complexity index is 929. The molecule has 0 fully saturated rings. The van der Waals surface area contributed by atoms with E-state index < -0.39 is 0 Å². The Morgan fingerprint density at radius 2 is 1.91 bits per heavy atom. The number of hydrogen-bond donors (Lipinski definition) is 1. The quantitative estimate of drug-likeness (QED) is 0.801. The summed E-state index contributed by atoms with van der Waals surface area (Å²) in [6.07, 6.45) is 1.62. The minimum atomic E-state index is 0.103. The largest absolute Gasteiger partial charge is 0.506 e. The SMILES string of the molecule is COc1cc(C#N)cc(-c2ccc(O)c3ncccc23)c1OC. The van der Waals surface area contributed by atoms with Crippen LogP contribution in [0.5, 0.6) is 17.2 Å². The zero-order chi connectivity index (χ0) is 16.4. The van der Waals surface area contributed by atoms with E-state index in [1.54, 1.807) is 43.6 Å². The molecule has 1 aromatic heterocycles. The van der Waals surface area contributed by atoms with Gasteiger partial charge in [-0.15, -0.1) is 0 Å². The highest BCUT2D eigenvalue weighted by atomic mass is 16.5. The molecule has 3 rings (SSSR count). The molecule has 0 radical (unpaired) electrons. The molecule has 0 saturated carbocycles. The highest BCUT2D eigenvalue weighted by Gasteiger charge is 2.17. The summed E-state index contributed by atoms with van der Waals surface area (Å²) in [6, 6.07) is 12.5. The molecule has 0 atom stereocenters. The Kier molecular flexibility index (Phi) is 3.73. The van der Waals surface area contributed by atoms with Crippen LogP contribution in [0.25, 0.3) is 22.0 Å². The molecule has 5 nitrogen and oxygen atoms in total. The third-order valence-electron chi connectivity index (χ3n) is 3.65. The summed E-state index contributed by atoms with van der Waals surface area (Å²) >= 11 is 0. The van der Waals surface area contributed by atoms with Crippen LogP contribution >= 0.6 is 0 Å². The number of rotatable bonds is 3. The van der Waals surface area contributed by atoms with Gasteiger partial charge in [-0.1, -0.05) is 6.07 Å². The maximum Gasteiger partial charge on any atom is 0.168 e. The van der Waals surface area contributed by atoms with Gasteiger partial charge in [0.05, 0.1) is 25.9 Å². The first-order chi connectivity index (χ1) is 11.2. The average molecular weight is 306 g/mol. The zero-order valence-electron chi connectivity index (χ0n) is 12.7. The van der Waals surface area contributed by atoms with Gasteiger partial charge in [0, 0.05) is 23.2 Å². The van der Waals surface area contributed by atoms with Crippen molar-refractivity contribution in [3.05, 3.63) is 48.2 Å². The van der Waals surface area contributed by atoms with Crippen LogP contribution in [0, 0.1) is 11.3 Å². The van der Waals surface area contributed by atoms with E-state index in [2.05, 4.69) is 11.1 Å². The van der Waals surface area contributed by atoms with E-state index in [-0.39, 0.29) is 5.75 Å². The molecular weight excluding hydrogens is 292 g/mol. The van der Waals surface area contributed by atoms with Crippen molar-refractivity contribution in [1.82, 2.24) is 4.98 Å². The lowest BCUT2D eigenvalue weighted by Crippen LogP contribution is -1.95. The van der Waals surface area contributed by atoms with Crippen molar-refractivity contribution in [2.75, 3.05) is 14.2 Å². The second kappa shape index (κ2) is 5.85. The first-order valence-electron chi connectivity index (χ1n) is 6.92. The third-order valence-corrected chi connectivity index (χ3v) is 3.65. The molecular formula is C18H14N2O3. The lowest BCUT2D eigenvalue weighted by molar-refractivity contribution is 0.356. The van der Waals surface area contributed by atoms with Gasteiger partial charge in [0.1, 0.15) is 11.3 Å². The van der Waals surface area contributed by atoms with Gasteiger partial charge < -0.3 is 14.6 Å². The van der Waals surface area contributed by atoms with Gasteiger partial charge in [-0.25, -0.2) is 0 Å². The molecule has 0 spiro atoms. The first kappa shape index (κ1) is 14.7. The number of phenols is 1. The highest BCUT2D eigenvalue weighted by Crippen LogP contribution is 2.42. The van der Waals surface area contributed by atoms with E-state index in [9.17, 15) is 10.4 Å². The summed E-state index contributed by atoms with van der Waals surface area (Å²) in [5.41, 5.74) is 2.47. The molecule has 0 aliphatic carbocycles. The van der Waals surface area contributed by atoms with Crippen molar-refractivity contribution in [3.63, 3.8) is 0 Å². The number of fused-ring (bicyclic) bond motifs is 1. The van der Waals surface area contributed by atoms with Crippen LogP contribution in [-0.2, 0) is 0 Å². The van der Waals surface area contributed by atoms with E-state index in [0.717, 1.165) is 10.9 Å². The predicted molar refractivity (Wildman–Crippen MR) is 86.7 cm³/mol. The topological polar surface area (TPSA) is 75.4 Å². The molecule has 23 heavy (non-hydrogen) atoms. The van der Waals surface area contributed by atoms with Crippen LogP contribution in [0.2, 0.25) is 0 Å². The minimum Gasteiger partial charge on any atom is -0.506 e. The number of aromatic hydroxyl groups is 1. The summed E-state index contributed by atoms with van der Waals surface area (Å²) in [7, 11) is 3.08. The van der Waals surface area contributed by atoms with Crippen molar-refractivity contribution in [1.29, 1.82) is 5.26 Å². The summed E-state index contributed by atoms with van der Waals surface area (Å²) in [5.74, 6) is 1.11. The summed E-state index contributed by atoms with van der Waals surface area (Å²) in [4.78, 5) is 4.22. The predicted octanol–water partition coefficient (Wildman–Crippen LogP) is 3.50. The molecule has 3 aromatic rings. The molecule has 0 aliphatic rings. The highest BCUT2D eigenvalue weighted by molar-refractivity contribution is 5.99. The first-order valence-corrected chi connectivity index (χ1v) is 6.92. The van der Waals surface area contributed by atoms with E-state index in [1.165, 1.54) is 7.11 Å². The molecule has 5 heteroatoms. The fourth-order valence-electron chi connectivity index (χ4n) is 2.62. The van der Waals surface area contributed by atoms with E-state index in [4.69, 9.17) is 9.47 Å². The van der Waals surface area contributed by atoms with Gasteiger partial charge >= 0.3 is 0 Å². The number of ether oxygens (including phenoxy) is 2. The number of methoxy groups -OCH3 is 2. The Morgan fingerprint density at radius 1 is 1.09 bits per heavy atom. The number of phenolic OH excluding ortho intramolecular Hbond substituents is 1. The van der Waals surface area contributed by atoms with Crippen molar-refractivity contribution < 1.29 is 14.6 Å². The van der Waals surface area contributed by atoms with Gasteiger partial charge in [-0.2, -0.15) is 5.26 Å². The summed E-state index contributed by atoms with van der Waals surface area (Å²) in [6.45, 7) is 0. The molecule has 0 bridgehead atoms. The number of hydrogen-bond acceptors (Lipinski definition) is 5. The van der Waals surface area contributed by atoms with E-state index >= 15 is 0 Å². The number of aromatic nitrogens is 1. The monoisotopic (exact) mass is 306 g/mol. The number of pyridine rings is 1. The van der Waals surface area contributed by atoms with Crippen LogP contribution in [0.3, 0.4) is 0 Å². The Labute approximate surface area is 133 Å². The Balaban J connectivity index is 2.40. The molecule has 0 saturated heterocycles. The van der Waals surface area contributed by atoms with E-state index in [0.29, 0.717) is 28.1 Å².